The van der Waals surface area contributed by atoms with E-state index in [4.69, 9.17) is 14.5 Å². The van der Waals surface area contributed by atoms with Crippen LogP contribution in [0.1, 0.15) is 91.4 Å². The number of fused-ring (bicyclic) bond motifs is 2. The molecule has 1 aliphatic carbocycles. The second-order valence-corrected chi connectivity index (χ2v) is 9.04. The molecule has 0 aromatic heterocycles. The summed E-state index contributed by atoms with van der Waals surface area (Å²) in [7, 11) is 0. The molecule has 0 aromatic rings. The van der Waals surface area contributed by atoms with E-state index in [2.05, 4.69) is 25.2 Å². The lowest BCUT2D eigenvalue weighted by Gasteiger charge is -2.27. The topological polar surface area (TPSA) is 65.0 Å². The lowest BCUT2D eigenvalue weighted by Crippen LogP contribution is -2.28. The lowest BCUT2D eigenvalue weighted by molar-refractivity contribution is -0.336. The Labute approximate surface area is 182 Å². The highest BCUT2D eigenvalue weighted by atomic mass is 17.2. The molecule has 172 valence electrons. The molecule has 5 heteroatoms. The summed E-state index contributed by atoms with van der Waals surface area (Å²) >= 11 is 0. The van der Waals surface area contributed by atoms with Crippen molar-refractivity contribution in [3.05, 3.63) is 24.3 Å². The van der Waals surface area contributed by atoms with E-state index in [1.165, 1.54) is 25.7 Å². The van der Waals surface area contributed by atoms with Crippen molar-refractivity contribution in [2.45, 2.75) is 116 Å². The summed E-state index contributed by atoms with van der Waals surface area (Å²) in [6, 6.07) is 0. The number of unbranched alkanes of at least 4 members (excludes halogenated alkanes) is 5. The average molecular weight is 423 g/mol. The first-order valence-corrected chi connectivity index (χ1v) is 12.0. The maximum absolute atomic E-state index is 11.6. The van der Waals surface area contributed by atoms with Crippen LogP contribution in [0.4, 0.5) is 0 Å². The first kappa shape index (κ1) is 25.1. The van der Waals surface area contributed by atoms with Crippen LogP contribution in [0.25, 0.3) is 0 Å². The fourth-order valence-electron chi connectivity index (χ4n) is 4.38. The smallest absolute Gasteiger partial charge is 0.306 e. The number of carbonyl (C=O) groups is 1. The number of carbonyl (C=O) groups excluding carboxylic acids is 1. The Bertz CT molecular complexity index is 542. The van der Waals surface area contributed by atoms with Crippen molar-refractivity contribution >= 4 is 5.97 Å². The van der Waals surface area contributed by atoms with E-state index >= 15 is 0 Å². The molecule has 2 fully saturated rings. The molecule has 1 aliphatic heterocycles. The molecule has 2 bridgehead atoms. The molecule has 0 amide bonds. The summed E-state index contributed by atoms with van der Waals surface area (Å²) in [6.45, 7) is 5.96. The molecule has 30 heavy (non-hydrogen) atoms. The lowest BCUT2D eigenvalue weighted by atomic mass is 9.89. The van der Waals surface area contributed by atoms with Gasteiger partial charge in [0.25, 0.3) is 0 Å². The number of rotatable bonds is 15. The van der Waals surface area contributed by atoms with Crippen LogP contribution in [0.5, 0.6) is 0 Å². The molecule has 1 saturated heterocycles. The van der Waals surface area contributed by atoms with Gasteiger partial charge in [0, 0.05) is 24.7 Å². The highest BCUT2D eigenvalue weighted by molar-refractivity contribution is 5.69. The number of aliphatic hydroxyl groups is 1. The monoisotopic (exact) mass is 422 g/mol. The largest absolute Gasteiger partial charge is 0.463 e. The number of allylic oxidation sites excluding steroid dienone is 2. The fraction of sp³-hybridized carbons (Fsp3) is 0.800. The van der Waals surface area contributed by atoms with Crippen LogP contribution in [-0.2, 0) is 19.3 Å². The van der Waals surface area contributed by atoms with Crippen molar-refractivity contribution in [3.8, 4) is 0 Å². The maximum Gasteiger partial charge on any atom is 0.306 e. The molecule has 0 aromatic carbocycles. The first-order chi connectivity index (χ1) is 14.5. The molecule has 1 N–H and O–H groups in total. The van der Waals surface area contributed by atoms with Gasteiger partial charge < -0.3 is 9.84 Å². The Balaban J connectivity index is 1.69. The maximum atomic E-state index is 11.6. The third kappa shape index (κ3) is 8.91. The molecular formula is C25H42O5. The molecule has 0 radical (unpaired) electrons. The van der Waals surface area contributed by atoms with Crippen molar-refractivity contribution in [3.63, 3.8) is 0 Å². The van der Waals surface area contributed by atoms with Crippen LogP contribution in [-0.4, -0.2) is 35.5 Å². The van der Waals surface area contributed by atoms with Crippen LogP contribution in [0, 0.1) is 11.8 Å². The molecule has 1 heterocycles. The van der Waals surface area contributed by atoms with Crippen LogP contribution in [0.2, 0.25) is 0 Å². The third-order valence-corrected chi connectivity index (χ3v) is 6.02. The number of hydrogen-bond donors (Lipinski definition) is 1. The van der Waals surface area contributed by atoms with Crippen molar-refractivity contribution in [2.75, 3.05) is 0 Å². The minimum absolute atomic E-state index is 0.0439. The highest BCUT2D eigenvalue weighted by Gasteiger charge is 2.49. The molecule has 2 rings (SSSR count). The second-order valence-electron chi connectivity index (χ2n) is 9.04. The third-order valence-electron chi connectivity index (χ3n) is 6.02. The van der Waals surface area contributed by atoms with E-state index in [1.54, 1.807) is 0 Å². The molecule has 0 spiro atoms. The Morgan fingerprint density at radius 1 is 1.10 bits per heavy atom. The van der Waals surface area contributed by atoms with Gasteiger partial charge >= 0.3 is 5.97 Å². The average Bonchev–Trinajstić information content (AvgIpc) is 3.30. The van der Waals surface area contributed by atoms with Crippen molar-refractivity contribution in [1.29, 1.82) is 0 Å². The Morgan fingerprint density at radius 2 is 1.87 bits per heavy atom. The van der Waals surface area contributed by atoms with Crippen LogP contribution >= 0.6 is 0 Å². The number of aliphatic hydroxyl groups excluding tert-OH is 1. The Morgan fingerprint density at radius 3 is 2.63 bits per heavy atom. The summed E-state index contributed by atoms with van der Waals surface area (Å²) < 4.78 is 5.15. The van der Waals surface area contributed by atoms with Crippen molar-refractivity contribution in [1.82, 2.24) is 0 Å². The number of esters is 1. The Kier molecular flexibility index (Phi) is 11.7. The van der Waals surface area contributed by atoms with Crippen molar-refractivity contribution < 1.29 is 24.4 Å². The number of ether oxygens (including phenoxy) is 1. The van der Waals surface area contributed by atoms with E-state index in [1.807, 2.05) is 19.9 Å². The van der Waals surface area contributed by atoms with Gasteiger partial charge in [-0.05, 0) is 39.5 Å². The zero-order valence-electron chi connectivity index (χ0n) is 19.1. The van der Waals surface area contributed by atoms with Gasteiger partial charge in [0.05, 0.1) is 18.3 Å². The van der Waals surface area contributed by atoms with E-state index < -0.39 is 0 Å². The normalized spacial score (nSPS) is 27.0. The van der Waals surface area contributed by atoms with Crippen LogP contribution in [0.15, 0.2) is 24.3 Å². The predicted molar refractivity (Wildman–Crippen MR) is 119 cm³/mol. The summed E-state index contributed by atoms with van der Waals surface area (Å²) in [5, 5.41) is 10.3. The van der Waals surface area contributed by atoms with E-state index in [9.17, 15) is 9.90 Å². The van der Waals surface area contributed by atoms with E-state index in [-0.39, 0.29) is 30.4 Å². The highest BCUT2D eigenvalue weighted by Crippen LogP contribution is 2.44. The molecule has 1 saturated carbocycles. The fourth-order valence-corrected chi connectivity index (χ4v) is 4.38. The van der Waals surface area contributed by atoms with E-state index in [0.29, 0.717) is 18.3 Å². The predicted octanol–water partition coefficient (Wildman–Crippen LogP) is 5.67. The molecular weight excluding hydrogens is 380 g/mol. The van der Waals surface area contributed by atoms with Gasteiger partial charge in [-0.25, -0.2) is 9.78 Å². The van der Waals surface area contributed by atoms with Crippen LogP contribution < -0.4 is 0 Å². The van der Waals surface area contributed by atoms with Gasteiger partial charge in [0.2, 0.25) is 0 Å². The van der Waals surface area contributed by atoms with Gasteiger partial charge in [-0.2, -0.15) is 0 Å². The summed E-state index contributed by atoms with van der Waals surface area (Å²) in [4.78, 5) is 22.5. The number of hydrogen-bond acceptors (Lipinski definition) is 5. The molecule has 2 aliphatic rings. The SMILES string of the molecule is CCCCCCC[C@H](O)/C=C/[C@@H]1[C@@H](C/C=C\CCCC(=O)OC(C)C)[C@H]2C[C@@H]1OO2. The van der Waals surface area contributed by atoms with Gasteiger partial charge in [-0.15, -0.1) is 0 Å². The van der Waals surface area contributed by atoms with E-state index in [0.717, 1.165) is 38.5 Å². The van der Waals surface area contributed by atoms with Gasteiger partial charge in [0.15, 0.2) is 0 Å². The zero-order chi connectivity index (χ0) is 21.8. The zero-order valence-corrected chi connectivity index (χ0v) is 19.1. The van der Waals surface area contributed by atoms with Gasteiger partial charge in [0.1, 0.15) is 6.10 Å². The first-order valence-electron chi connectivity index (χ1n) is 12.0. The summed E-state index contributed by atoms with van der Waals surface area (Å²) in [6.07, 6.45) is 19.2. The van der Waals surface area contributed by atoms with Crippen molar-refractivity contribution in [2.24, 2.45) is 11.8 Å². The summed E-state index contributed by atoms with van der Waals surface area (Å²) in [5.41, 5.74) is 0. The molecule has 5 nitrogen and oxygen atoms in total. The van der Waals surface area contributed by atoms with Gasteiger partial charge in [-0.3, -0.25) is 4.79 Å². The van der Waals surface area contributed by atoms with Crippen LogP contribution in [0.3, 0.4) is 0 Å². The molecule has 5 atom stereocenters. The second kappa shape index (κ2) is 14.0. The molecule has 0 unspecified atom stereocenters. The summed E-state index contributed by atoms with van der Waals surface area (Å²) in [5.74, 6) is 0.564. The standard InChI is InChI=1S/C25H42O5/c1-4-5-6-7-10-13-20(26)16-17-22-21(23-18-24(22)30-29-23)14-11-8-9-12-15-25(27)28-19(2)3/h8,11,16-17,19-24,26H,4-7,9-10,12-15,18H2,1-3H3/b11-8-,17-16+/t20-,21+,22+,23+,24-/m0/s1. The minimum Gasteiger partial charge on any atom is -0.463 e. The quantitative estimate of drug-likeness (QED) is 0.159. The van der Waals surface area contributed by atoms with Gasteiger partial charge in [-0.1, -0.05) is 63.3 Å². The Hall–Kier alpha value is -1.17. The minimum atomic E-state index is -0.367.